The largest absolute Gasteiger partial charge is 0.378 e. The van der Waals surface area contributed by atoms with E-state index >= 15 is 0 Å². The first-order chi connectivity index (χ1) is 17.4. The summed E-state index contributed by atoms with van der Waals surface area (Å²) in [4.78, 5) is 25.7. The summed E-state index contributed by atoms with van der Waals surface area (Å²) < 4.78 is 0. The van der Waals surface area contributed by atoms with Crippen molar-refractivity contribution in [2.75, 3.05) is 35.1 Å². The molecule has 3 N–H and O–H groups in total. The molecule has 0 bridgehead atoms. The summed E-state index contributed by atoms with van der Waals surface area (Å²) in [7, 11) is 3.96. The van der Waals surface area contributed by atoms with Crippen LogP contribution < -0.4 is 21.0 Å². The molecule has 182 valence electrons. The van der Waals surface area contributed by atoms with Crippen LogP contribution in [-0.4, -0.2) is 40.2 Å². The predicted molar refractivity (Wildman–Crippen MR) is 143 cm³/mol. The number of nitro benzene ring substituents is 1. The van der Waals surface area contributed by atoms with Crippen LogP contribution in [0.25, 0.3) is 0 Å². The molecule has 0 atom stereocenters. The summed E-state index contributed by atoms with van der Waals surface area (Å²) in [5.74, 6) is 0.756. The Hall–Kier alpha value is -5.06. The van der Waals surface area contributed by atoms with Gasteiger partial charge in [-0.25, -0.2) is 5.43 Å². The third-order valence-electron chi connectivity index (χ3n) is 5.15. The van der Waals surface area contributed by atoms with Gasteiger partial charge in [0.2, 0.25) is 17.8 Å². The topological polar surface area (TPSA) is 134 Å². The Kier molecular flexibility index (Phi) is 7.30. The van der Waals surface area contributed by atoms with Crippen LogP contribution in [0.1, 0.15) is 11.1 Å². The second-order valence-electron chi connectivity index (χ2n) is 8.03. The van der Waals surface area contributed by atoms with Crippen molar-refractivity contribution in [3.63, 3.8) is 0 Å². The number of para-hydroxylation sites is 1. The number of hydrogen-bond donors (Lipinski definition) is 3. The molecule has 0 saturated heterocycles. The maximum Gasteiger partial charge on any atom is 0.269 e. The Morgan fingerprint density at radius 2 is 1.50 bits per heavy atom. The van der Waals surface area contributed by atoms with Gasteiger partial charge in [-0.2, -0.15) is 20.1 Å². The number of aromatic nitrogens is 3. The zero-order valence-electron chi connectivity index (χ0n) is 20.0. The van der Waals surface area contributed by atoms with Crippen molar-refractivity contribution in [3.05, 3.63) is 94.0 Å². The molecule has 0 unspecified atom stereocenters. The molecule has 4 rings (SSSR count). The fourth-order valence-electron chi connectivity index (χ4n) is 3.19. The van der Waals surface area contributed by atoms with E-state index in [9.17, 15) is 10.1 Å². The maximum atomic E-state index is 10.9. The van der Waals surface area contributed by atoms with Gasteiger partial charge in [-0.1, -0.05) is 30.3 Å². The third kappa shape index (κ3) is 6.29. The van der Waals surface area contributed by atoms with Gasteiger partial charge in [0.1, 0.15) is 0 Å². The molecule has 11 nitrogen and oxygen atoms in total. The first-order valence-corrected chi connectivity index (χ1v) is 11.0. The predicted octanol–water partition coefficient (Wildman–Crippen LogP) is 5.09. The Bertz CT molecular complexity index is 1370. The van der Waals surface area contributed by atoms with Gasteiger partial charge >= 0.3 is 0 Å². The molecule has 11 heteroatoms. The zero-order chi connectivity index (χ0) is 25.5. The smallest absolute Gasteiger partial charge is 0.269 e. The van der Waals surface area contributed by atoms with Gasteiger partial charge in [0, 0.05) is 43.3 Å². The summed E-state index contributed by atoms with van der Waals surface area (Å²) in [6.45, 7) is 1.98. The first-order valence-electron chi connectivity index (χ1n) is 11.0. The second kappa shape index (κ2) is 10.9. The molecule has 3 aromatic carbocycles. The molecule has 0 aliphatic carbocycles. The van der Waals surface area contributed by atoms with Gasteiger partial charge in [0.15, 0.2) is 0 Å². The van der Waals surface area contributed by atoms with Crippen molar-refractivity contribution in [2.24, 2.45) is 5.10 Å². The van der Waals surface area contributed by atoms with Crippen LogP contribution in [0.3, 0.4) is 0 Å². The van der Waals surface area contributed by atoms with E-state index in [4.69, 9.17) is 0 Å². The number of benzene rings is 3. The average Bonchev–Trinajstić information content (AvgIpc) is 2.86. The summed E-state index contributed by atoms with van der Waals surface area (Å²) in [6.07, 6.45) is 1.67. The van der Waals surface area contributed by atoms with Crippen LogP contribution in [0.4, 0.5) is 40.6 Å². The minimum absolute atomic E-state index is 0.00610. The van der Waals surface area contributed by atoms with Crippen molar-refractivity contribution in [3.8, 4) is 0 Å². The van der Waals surface area contributed by atoms with Crippen molar-refractivity contribution in [1.82, 2.24) is 15.0 Å². The molecule has 0 radical (unpaired) electrons. The molecule has 36 heavy (non-hydrogen) atoms. The fourth-order valence-corrected chi connectivity index (χ4v) is 3.19. The van der Waals surface area contributed by atoms with Crippen molar-refractivity contribution >= 4 is 46.8 Å². The van der Waals surface area contributed by atoms with E-state index in [1.807, 2.05) is 74.4 Å². The number of hydrazone groups is 1. The molecule has 0 spiro atoms. The zero-order valence-corrected chi connectivity index (χ0v) is 20.0. The lowest BCUT2D eigenvalue weighted by Gasteiger charge is -2.12. The van der Waals surface area contributed by atoms with Crippen molar-refractivity contribution in [2.45, 2.75) is 6.92 Å². The van der Waals surface area contributed by atoms with Crippen LogP contribution in [0.15, 0.2) is 77.9 Å². The summed E-state index contributed by atoms with van der Waals surface area (Å²) in [5, 5.41) is 21.4. The number of nitrogens with one attached hydrogen (secondary N) is 3. The Morgan fingerprint density at radius 3 is 2.14 bits per heavy atom. The highest BCUT2D eigenvalue weighted by Crippen LogP contribution is 2.22. The van der Waals surface area contributed by atoms with E-state index in [2.05, 4.69) is 36.1 Å². The molecular formula is C25H25N9O2. The average molecular weight is 484 g/mol. The molecule has 0 amide bonds. The Balaban J connectivity index is 1.57. The highest BCUT2D eigenvalue weighted by atomic mass is 16.6. The third-order valence-corrected chi connectivity index (χ3v) is 5.15. The minimum atomic E-state index is -0.453. The summed E-state index contributed by atoms with van der Waals surface area (Å²) in [5.41, 5.74) is 7.30. The molecule has 0 fully saturated rings. The maximum absolute atomic E-state index is 10.9. The number of nitro groups is 1. The van der Waals surface area contributed by atoms with E-state index in [0.29, 0.717) is 11.6 Å². The van der Waals surface area contributed by atoms with E-state index in [1.165, 1.54) is 12.1 Å². The molecule has 1 aromatic heterocycles. The molecule has 4 aromatic rings. The number of non-ortho nitro benzene ring substituents is 1. The number of rotatable bonds is 9. The standard InChI is InChI=1S/C25H25N9O2/c1-17-6-4-5-7-22(17)28-24-29-23(27-19-10-14-21(15-11-19)34(35)36)30-25(31-24)32-26-16-18-8-12-20(13-9-18)33(2)3/h4-16H,1-3H3,(H3,27,28,29,30,31,32)/b26-16-. The lowest BCUT2D eigenvalue weighted by atomic mass is 10.2. The molecule has 0 aliphatic rings. The van der Waals surface area contributed by atoms with E-state index in [1.54, 1.807) is 18.3 Å². The van der Waals surface area contributed by atoms with Gasteiger partial charge in [-0.15, -0.1) is 0 Å². The fraction of sp³-hybridized carbons (Fsp3) is 0.120. The lowest BCUT2D eigenvalue weighted by molar-refractivity contribution is -0.384. The van der Waals surface area contributed by atoms with E-state index in [0.717, 1.165) is 22.5 Å². The normalized spacial score (nSPS) is 10.8. The van der Waals surface area contributed by atoms with Crippen molar-refractivity contribution in [1.29, 1.82) is 0 Å². The molecule has 0 aliphatic heterocycles. The van der Waals surface area contributed by atoms with Gasteiger partial charge in [-0.3, -0.25) is 10.1 Å². The Labute approximate surface area is 208 Å². The van der Waals surface area contributed by atoms with Gasteiger partial charge in [-0.05, 0) is 48.4 Å². The highest BCUT2D eigenvalue weighted by molar-refractivity contribution is 5.80. The Morgan fingerprint density at radius 1 is 0.861 bits per heavy atom. The van der Waals surface area contributed by atoms with E-state index in [-0.39, 0.29) is 17.6 Å². The first kappa shape index (κ1) is 24.1. The minimum Gasteiger partial charge on any atom is -0.378 e. The molecular weight excluding hydrogens is 458 g/mol. The monoisotopic (exact) mass is 483 g/mol. The van der Waals surface area contributed by atoms with Crippen LogP contribution in [-0.2, 0) is 0 Å². The van der Waals surface area contributed by atoms with Gasteiger partial charge < -0.3 is 15.5 Å². The highest BCUT2D eigenvalue weighted by Gasteiger charge is 2.10. The summed E-state index contributed by atoms with van der Waals surface area (Å²) in [6, 6.07) is 21.7. The number of aryl methyl sites for hydroxylation is 1. The van der Waals surface area contributed by atoms with Gasteiger partial charge in [0.05, 0.1) is 11.1 Å². The number of anilines is 6. The SMILES string of the molecule is Cc1ccccc1Nc1nc(N/N=C\c2ccc(N(C)C)cc2)nc(Nc2ccc([N+](=O)[O-])cc2)n1. The number of nitrogens with zero attached hydrogens (tertiary/aromatic N) is 6. The second-order valence-corrected chi connectivity index (χ2v) is 8.03. The van der Waals surface area contributed by atoms with Gasteiger partial charge in [0.25, 0.3) is 5.69 Å². The van der Waals surface area contributed by atoms with Crippen LogP contribution in [0.2, 0.25) is 0 Å². The molecule has 1 heterocycles. The van der Waals surface area contributed by atoms with Crippen LogP contribution in [0, 0.1) is 17.0 Å². The number of hydrogen-bond acceptors (Lipinski definition) is 10. The summed E-state index contributed by atoms with van der Waals surface area (Å²) >= 11 is 0. The van der Waals surface area contributed by atoms with Crippen LogP contribution in [0.5, 0.6) is 0 Å². The van der Waals surface area contributed by atoms with Crippen molar-refractivity contribution < 1.29 is 4.92 Å². The lowest BCUT2D eigenvalue weighted by Crippen LogP contribution is -2.08. The quantitative estimate of drug-likeness (QED) is 0.169. The van der Waals surface area contributed by atoms with E-state index < -0.39 is 4.92 Å². The molecule has 0 saturated carbocycles. The van der Waals surface area contributed by atoms with Crippen LogP contribution >= 0.6 is 0 Å².